The molecule has 0 aliphatic heterocycles. The van der Waals surface area contributed by atoms with Crippen molar-refractivity contribution in [1.29, 1.82) is 0 Å². The molecule has 130 valence electrons. The average Bonchev–Trinajstić information content (AvgIpc) is 2.52. The largest absolute Gasteiger partial charge is 0.382 e. The van der Waals surface area contributed by atoms with Crippen LogP contribution in [0.5, 0.6) is 5.75 Å². The van der Waals surface area contributed by atoms with Crippen LogP contribution >= 0.6 is 0 Å². The molecular formula is C17H27NO4S. The number of rotatable bonds is 8. The Balaban J connectivity index is 2.88. The summed E-state index contributed by atoms with van der Waals surface area (Å²) in [5.74, 6) is 0.287. The van der Waals surface area contributed by atoms with Crippen LogP contribution in [0.25, 0.3) is 0 Å². The first kappa shape index (κ1) is 19.5. The molecule has 1 aromatic carbocycles. The number of hydrogen-bond acceptors (Lipinski definition) is 4. The Morgan fingerprint density at radius 1 is 1.13 bits per heavy atom. The van der Waals surface area contributed by atoms with Crippen LogP contribution in [-0.2, 0) is 21.5 Å². The molecule has 0 heterocycles. The molecule has 0 saturated carbocycles. The number of carbonyl (C=O) groups excluding carboxylic acids is 1. The van der Waals surface area contributed by atoms with Gasteiger partial charge in [-0.3, -0.25) is 4.79 Å². The Labute approximate surface area is 139 Å². The molecule has 1 atom stereocenters. The van der Waals surface area contributed by atoms with Crippen molar-refractivity contribution < 1.29 is 17.4 Å². The fourth-order valence-corrected chi connectivity index (χ4v) is 2.58. The maximum atomic E-state index is 12.4. The Morgan fingerprint density at radius 2 is 1.70 bits per heavy atom. The summed E-state index contributed by atoms with van der Waals surface area (Å²) in [7, 11) is -3.52. The third kappa shape index (κ3) is 5.86. The predicted octanol–water partition coefficient (Wildman–Crippen LogP) is 3.20. The van der Waals surface area contributed by atoms with Gasteiger partial charge in [0.05, 0.1) is 5.75 Å². The van der Waals surface area contributed by atoms with E-state index in [2.05, 4.69) is 6.92 Å². The van der Waals surface area contributed by atoms with E-state index in [4.69, 9.17) is 4.18 Å². The molecule has 1 aromatic rings. The average molecular weight is 341 g/mol. The topological polar surface area (TPSA) is 63.7 Å². The molecule has 0 aliphatic rings. The minimum atomic E-state index is -3.52. The van der Waals surface area contributed by atoms with E-state index in [9.17, 15) is 13.2 Å². The van der Waals surface area contributed by atoms with Crippen molar-refractivity contribution >= 4 is 16.0 Å². The lowest BCUT2D eigenvalue weighted by Gasteiger charge is -2.30. The number of benzene rings is 1. The highest BCUT2D eigenvalue weighted by Crippen LogP contribution is 2.18. The summed E-state index contributed by atoms with van der Waals surface area (Å²) in [6.07, 6.45) is 0.883. The van der Waals surface area contributed by atoms with Gasteiger partial charge in [0, 0.05) is 18.5 Å². The Bertz CT molecular complexity index is 608. The molecule has 0 radical (unpaired) electrons. The van der Waals surface area contributed by atoms with Crippen molar-refractivity contribution in [2.45, 2.75) is 53.6 Å². The van der Waals surface area contributed by atoms with Crippen LogP contribution in [0.4, 0.5) is 0 Å². The quantitative estimate of drug-likeness (QED) is 0.681. The normalized spacial score (nSPS) is 13.0. The van der Waals surface area contributed by atoms with Crippen molar-refractivity contribution in [3.05, 3.63) is 29.8 Å². The minimum absolute atomic E-state index is 0.0543. The highest BCUT2D eigenvalue weighted by molar-refractivity contribution is 7.87. The zero-order valence-corrected chi connectivity index (χ0v) is 15.4. The van der Waals surface area contributed by atoms with Crippen LogP contribution in [0, 0.1) is 5.92 Å². The number of amides is 1. The smallest absolute Gasteiger partial charge is 0.308 e. The van der Waals surface area contributed by atoms with Crippen LogP contribution in [0.1, 0.15) is 46.6 Å². The zero-order valence-electron chi connectivity index (χ0n) is 14.6. The summed E-state index contributed by atoms with van der Waals surface area (Å²) < 4.78 is 27.9. The fourth-order valence-electron chi connectivity index (χ4n) is 2.06. The summed E-state index contributed by atoms with van der Waals surface area (Å²) in [5, 5.41) is 0. The first-order valence-electron chi connectivity index (χ1n) is 8.01. The Hall–Kier alpha value is -1.56. The first-order valence-corrected chi connectivity index (χ1v) is 9.59. The number of carbonyl (C=O) groups is 1. The summed E-state index contributed by atoms with van der Waals surface area (Å²) in [6, 6.07) is 6.99. The van der Waals surface area contributed by atoms with E-state index < -0.39 is 10.1 Å². The van der Waals surface area contributed by atoms with Gasteiger partial charge < -0.3 is 9.08 Å². The maximum absolute atomic E-state index is 12.4. The number of hydrogen-bond donors (Lipinski definition) is 0. The van der Waals surface area contributed by atoms with Crippen LogP contribution in [0.15, 0.2) is 24.3 Å². The van der Waals surface area contributed by atoms with Gasteiger partial charge in [0.15, 0.2) is 0 Å². The van der Waals surface area contributed by atoms with Gasteiger partial charge in [0.1, 0.15) is 5.75 Å². The van der Waals surface area contributed by atoms with Crippen molar-refractivity contribution in [3.63, 3.8) is 0 Å². The molecule has 0 aliphatic carbocycles. The van der Waals surface area contributed by atoms with E-state index in [1.807, 2.05) is 25.7 Å². The molecule has 0 saturated heterocycles. The zero-order chi connectivity index (χ0) is 17.6. The van der Waals surface area contributed by atoms with Crippen LogP contribution in [0.2, 0.25) is 0 Å². The molecule has 1 unspecified atom stereocenters. The Kier molecular flexibility index (Phi) is 7.06. The molecule has 23 heavy (non-hydrogen) atoms. The van der Waals surface area contributed by atoms with Gasteiger partial charge in [-0.25, -0.2) is 0 Å². The SMILES string of the molecule is CCC(C)N(Cc1ccc(OS(=O)(=O)CC)cc1)C(=O)C(C)C. The maximum Gasteiger partial charge on any atom is 0.308 e. The molecule has 1 amide bonds. The molecule has 0 N–H and O–H groups in total. The summed E-state index contributed by atoms with van der Waals surface area (Å²) in [6.45, 7) is 9.91. The predicted molar refractivity (Wildman–Crippen MR) is 91.7 cm³/mol. The van der Waals surface area contributed by atoms with E-state index in [0.717, 1.165) is 12.0 Å². The molecule has 1 rings (SSSR count). The van der Waals surface area contributed by atoms with Gasteiger partial charge in [-0.15, -0.1) is 0 Å². The van der Waals surface area contributed by atoms with Crippen LogP contribution < -0.4 is 4.18 Å². The van der Waals surface area contributed by atoms with Crippen molar-refractivity contribution in [1.82, 2.24) is 4.90 Å². The minimum Gasteiger partial charge on any atom is -0.382 e. The molecule has 0 bridgehead atoms. The molecule has 0 fully saturated rings. The van der Waals surface area contributed by atoms with Crippen molar-refractivity contribution in [2.75, 3.05) is 5.75 Å². The second-order valence-electron chi connectivity index (χ2n) is 5.95. The van der Waals surface area contributed by atoms with Gasteiger partial charge in [0.2, 0.25) is 5.91 Å². The second kappa shape index (κ2) is 8.34. The first-order chi connectivity index (χ1) is 10.7. The highest BCUT2D eigenvalue weighted by atomic mass is 32.2. The van der Waals surface area contributed by atoms with E-state index in [1.54, 1.807) is 24.3 Å². The molecular weight excluding hydrogens is 314 g/mol. The van der Waals surface area contributed by atoms with E-state index >= 15 is 0 Å². The van der Waals surface area contributed by atoms with Gasteiger partial charge in [-0.2, -0.15) is 8.42 Å². The molecule has 6 heteroatoms. The third-order valence-corrected chi connectivity index (χ3v) is 4.91. The van der Waals surface area contributed by atoms with Crippen molar-refractivity contribution in [2.24, 2.45) is 5.92 Å². The second-order valence-corrected chi connectivity index (χ2v) is 7.81. The monoisotopic (exact) mass is 341 g/mol. The lowest BCUT2D eigenvalue weighted by Crippen LogP contribution is -2.40. The molecule has 0 aromatic heterocycles. The molecule has 0 spiro atoms. The number of nitrogens with zero attached hydrogens (tertiary/aromatic N) is 1. The Morgan fingerprint density at radius 3 is 2.13 bits per heavy atom. The molecule has 5 nitrogen and oxygen atoms in total. The van der Waals surface area contributed by atoms with Crippen LogP contribution in [-0.4, -0.2) is 31.0 Å². The van der Waals surface area contributed by atoms with Gasteiger partial charge in [-0.05, 0) is 38.0 Å². The van der Waals surface area contributed by atoms with E-state index in [-0.39, 0.29) is 23.6 Å². The van der Waals surface area contributed by atoms with Gasteiger partial charge >= 0.3 is 10.1 Å². The summed E-state index contributed by atoms with van der Waals surface area (Å²) in [4.78, 5) is 14.2. The summed E-state index contributed by atoms with van der Waals surface area (Å²) >= 11 is 0. The van der Waals surface area contributed by atoms with E-state index in [0.29, 0.717) is 12.3 Å². The standard InChI is InChI=1S/C17H27NO4S/c1-6-14(5)18(17(19)13(3)4)12-15-8-10-16(11-9-15)22-23(20,21)7-2/h8-11,13-14H,6-7,12H2,1-5H3. The van der Waals surface area contributed by atoms with E-state index in [1.165, 1.54) is 6.92 Å². The highest BCUT2D eigenvalue weighted by Gasteiger charge is 2.21. The lowest BCUT2D eigenvalue weighted by molar-refractivity contribution is -0.137. The third-order valence-electron chi connectivity index (χ3n) is 3.75. The van der Waals surface area contributed by atoms with Crippen LogP contribution in [0.3, 0.4) is 0 Å². The van der Waals surface area contributed by atoms with Gasteiger partial charge in [0.25, 0.3) is 0 Å². The summed E-state index contributed by atoms with van der Waals surface area (Å²) in [5.41, 5.74) is 0.945. The van der Waals surface area contributed by atoms with Gasteiger partial charge in [-0.1, -0.05) is 32.9 Å². The lowest BCUT2D eigenvalue weighted by atomic mass is 10.1. The van der Waals surface area contributed by atoms with Crippen molar-refractivity contribution in [3.8, 4) is 5.75 Å². The fraction of sp³-hybridized carbons (Fsp3) is 0.588.